The Balaban J connectivity index is 2.68. The van der Waals surface area contributed by atoms with Gasteiger partial charge in [-0.1, -0.05) is 13.8 Å². The van der Waals surface area contributed by atoms with Gasteiger partial charge in [0.15, 0.2) is 0 Å². The highest BCUT2D eigenvalue weighted by Crippen LogP contribution is 2.09. The van der Waals surface area contributed by atoms with E-state index in [2.05, 4.69) is 16.0 Å². The summed E-state index contributed by atoms with van der Waals surface area (Å²) in [5, 5.41) is 17.2. The fourth-order valence-corrected chi connectivity index (χ4v) is 2.50. The lowest BCUT2D eigenvalue weighted by Gasteiger charge is -2.25. The van der Waals surface area contributed by atoms with Crippen molar-refractivity contribution in [1.82, 2.24) is 16.0 Å². The lowest BCUT2D eigenvalue weighted by atomic mass is 10.0. The highest BCUT2D eigenvalue weighted by atomic mass is 16.4. The number of amides is 3. The SMILES string of the molecule is CC(C)C(NC(=O)C1CCCN1)C(=O)NC(CCC(N)=O)C(=O)O. The second-order valence-electron chi connectivity index (χ2n) is 6.28. The standard InChI is InChI=1S/C15H26N4O5/c1-8(2)12(19-13(21)9-4-3-7-17-9)14(22)18-10(15(23)24)5-6-11(16)20/h8-10,12,17H,3-7H2,1-2H3,(H2,16,20)(H,18,22)(H,19,21)(H,23,24). The minimum Gasteiger partial charge on any atom is -0.480 e. The van der Waals surface area contributed by atoms with Gasteiger partial charge < -0.3 is 26.8 Å². The van der Waals surface area contributed by atoms with Crippen molar-refractivity contribution >= 4 is 23.7 Å². The van der Waals surface area contributed by atoms with Crippen molar-refractivity contribution < 1.29 is 24.3 Å². The molecule has 1 fully saturated rings. The van der Waals surface area contributed by atoms with Crippen LogP contribution in [0.25, 0.3) is 0 Å². The summed E-state index contributed by atoms with van der Waals surface area (Å²) < 4.78 is 0. The van der Waals surface area contributed by atoms with E-state index in [4.69, 9.17) is 10.8 Å². The number of carboxylic acid groups (broad SMARTS) is 1. The highest BCUT2D eigenvalue weighted by molar-refractivity contribution is 5.92. The van der Waals surface area contributed by atoms with E-state index in [0.29, 0.717) is 6.42 Å². The monoisotopic (exact) mass is 342 g/mol. The number of carbonyl (C=O) groups excluding carboxylic acids is 3. The number of hydrogen-bond acceptors (Lipinski definition) is 5. The minimum absolute atomic E-state index is 0.0979. The molecule has 1 heterocycles. The van der Waals surface area contributed by atoms with E-state index in [-0.39, 0.29) is 30.7 Å². The third kappa shape index (κ3) is 6.15. The summed E-state index contributed by atoms with van der Waals surface area (Å²) in [4.78, 5) is 46.5. The Bertz CT molecular complexity index is 488. The molecule has 1 aliphatic heterocycles. The zero-order valence-electron chi connectivity index (χ0n) is 14.0. The van der Waals surface area contributed by atoms with Crippen LogP contribution in [0.15, 0.2) is 0 Å². The van der Waals surface area contributed by atoms with Gasteiger partial charge in [-0.3, -0.25) is 14.4 Å². The second kappa shape index (κ2) is 9.21. The van der Waals surface area contributed by atoms with E-state index < -0.39 is 29.9 Å². The molecule has 9 heteroatoms. The Morgan fingerprint density at radius 2 is 1.92 bits per heavy atom. The average molecular weight is 342 g/mol. The summed E-state index contributed by atoms with van der Waals surface area (Å²) >= 11 is 0. The summed E-state index contributed by atoms with van der Waals surface area (Å²) in [6, 6.07) is -2.41. The molecule has 3 amide bonds. The molecule has 1 rings (SSSR count). The van der Waals surface area contributed by atoms with E-state index in [1.54, 1.807) is 13.8 Å². The minimum atomic E-state index is -1.25. The molecule has 1 aliphatic rings. The first-order valence-corrected chi connectivity index (χ1v) is 8.07. The summed E-state index contributed by atoms with van der Waals surface area (Å²) in [5.41, 5.74) is 5.01. The van der Waals surface area contributed by atoms with Gasteiger partial charge >= 0.3 is 5.97 Å². The molecule has 3 unspecified atom stereocenters. The fraction of sp³-hybridized carbons (Fsp3) is 0.733. The number of carbonyl (C=O) groups is 4. The van der Waals surface area contributed by atoms with Gasteiger partial charge in [-0.25, -0.2) is 4.79 Å². The molecule has 0 aliphatic carbocycles. The second-order valence-corrected chi connectivity index (χ2v) is 6.28. The topological polar surface area (TPSA) is 151 Å². The van der Waals surface area contributed by atoms with Crippen molar-refractivity contribution in [3.05, 3.63) is 0 Å². The Morgan fingerprint density at radius 3 is 2.38 bits per heavy atom. The molecule has 0 saturated carbocycles. The molecular weight excluding hydrogens is 316 g/mol. The van der Waals surface area contributed by atoms with Crippen molar-refractivity contribution in [2.24, 2.45) is 11.7 Å². The number of aliphatic carboxylic acids is 1. The van der Waals surface area contributed by atoms with Crippen molar-refractivity contribution in [3.8, 4) is 0 Å². The molecule has 24 heavy (non-hydrogen) atoms. The maximum absolute atomic E-state index is 12.4. The molecule has 0 aromatic carbocycles. The van der Waals surface area contributed by atoms with Crippen LogP contribution in [0, 0.1) is 5.92 Å². The van der Waals surface area contributed by atoms with Crippen LogP contribution in [-0.4, -0.2) is 53.5 Å². The van der Waals surface area contributed by atoms with Gasteiger partial charge in [0.1, 0.15) is 12.1 Å². The van der Waals surface area contributed by atoms with E-state index in [1.165, 1.54) is 0 Å². The molecule has 136 valence electrons. The maximum Gasteiger partial charge on any atom is 0.326 e. The summed E-state index contributed by atoms with van der Waals surface area (Å²) in [6.45, 7) is 4.27. The van der Waals surface area contributed by atoms with Crippen LogP contribution >= 0.6 is 0 Å². The van der Waals surface area contributed by atoms with Crippen LogP contribution in [0.5, 0.6) is 0 Å². The van der Waals surface area contributed by atoms with Gasteiger partial charge in [0.2, 0.25) is 17.7 Å². The third-order valence-electron chi connectivity index (χ3n) is 3.92. The lowest BCUT2D eigenvalue weighted by molar-refractivity contribution is -0.142. The first kappa shape index (κ1) is 19.9. The number of nitrogens with one attached hydrogen (secondary N) is 3. The Hall–Kier alpha value is -2.16. The van der Waals surface area contributed by atoms with E-state index in [1.807, 2.05) is 0 Å². The Kier molecular flexibility index (Phi) is 7.63. The largest absolute Gasteiger partial charge is 0.480 e. The van der Waals surface area contributed by atoms with Crippen LogP contribution in [-0.2, 0) is 19.2 Å². The number of primary amides is 1. The van der Waals surface area contributed by atoms with E-state index in [9.17, 15) is 19.2 Å². The molecule has 0 radical (unpaired) electrons. The fourth-order valence-electron chi connectivity index (χ4n) is 2.50. The number of hydrogen-bond donors (Lipinski definition) is 5. The van der Waals surface area contributed by atoms with Crippen molar-refractivity contribution in [2.75, 3.05) is 6.54 Å². The lowest BCUT2D eigenvalue weighted by Crippen LogP contribution is -2.56. The van der Waals surface area contributed by atoms with Crippen LogP contribution in [0.1, 0.15) is 39.5 Å². The smallest absolute Gasteiger partial charge is 0.326 e. The molecular formula is C15H26N4O5. The van der Waals surface area contributed by atoms with Crippen molar-refractivity contribution in [3.63, 3.8) is 0 Å². The van der Waals surface area contributed by atoms with Gasteiger partial charge in [0.05, 0.1) is 6.04 Å². The number of nitrogens with two attached hydrogens (primary N) is 1. The predicted octanol–water partition coefficient (Wildman–Crippen LogP) is -1.29. The van der Waals surface area contributed by atoms with Crippen LogP contribution in [0.3, 0.4) is 0 Å². The summed E-state index contributed by atoms with van der Waals surface area (Å²) in [5.74, 6) is -2.98. The van der Waals surface area contributed by atoms with Crippen LogP contribution < -0.4 is 21.7 Å². The molecule has 6 N–H and O–H groups in total. The van der Waals surface area contributed by atoms with Crippen LogP contribution in [0.2, 0.25) is 0 Å². The average Bonchev–Trinajstić information content (AvgIpc) is 3.02. The van der Waals surface area contributed by atoms with Gasteiger partial charge in [0, 0.05) is 6.42 Å². The van der Waals surface area contributed by atoms with Gasteiger partial charge in [-0.05, 0) is 31.7 Å². The molecule has 1 saturated heterocycles. The molecule has 0 aromatic heterocycles. The van der Waals surface area contributed by atoms with Gasteiger partial charge in [-0.15, -0.1) is 0 Å². The highest BCUT2D eigenvalue weighted by Gasteiger charge is 2.31. The van der Waals surface area contributed by atoms with Gasteiger partial charge in [0.25, 0.3) is 0 Å². The maximum atomic E-state index is 12.4. The number of rotatable bonds is 9. The zero-order chi connectivity index (χ0) is 18.3. The van der Waals surface area contributed by atoms with Crippen molar-refractivity contribution in [2.45, 2.75) is 57.7 Å². The molecule has 0 bridgehead atoms. The Morgan fingerprint density at radius 1 is 1.25 bits per heavy atom. The summed E-state index contributed by atoms with van der Waals surface area (Å²) in [7, 11) is 0. The van der Waals surface area contributed by atoms with Gasteiger partial charge in [-0.2, -0.15) is 0 Å². The third-order valence-corrected chi connectivity index (χ3v) is 3.92. The Labute approximate surface area is 140 Å². The van der Waals surface area contributed by atoms with Crippen LogP contribution in [0.4, 0.5) is 0 Å². The quantitative estimate of drug-likeness (QED) is 0.352. The number of carboxylic acids is 1. The normalized spacial score (nSPS) is 19.5. The zero-order valence-corrected chi connectivity index (χ0v) is 14.0. The van der Waals surface area contributed by atoms with E-state index in [0.717, 1.165) is 13.0 Å². The van der Waals surface area contributed by atoms with Crippen molar-refractivity contribution in [1.29, 1.82) is 0 Å². The van der Waals surface area contributed by atoms with E-state index >= 15 is 0 Å². The molecule has 9 nitrogen and oxygen atoms in total. The predicted molar refractivity (Wildman–Crippen MR) is 85.8 cm³/mol. The first-order valence-electron chi connectivity index (χ1n) is 8.07. The molecule has 3 atom stereocenters. The summed E-state index contributed by atoms with van der Waals surface area (Å²) in [6.07, 6.45) is 1.35. The first-order chi connectivity index (χ1) is 11.2. The molecule has 0 spiro atoms. The molecule has 0 aromatic rings.